The Morgan fingerprint density at radius 2 is 1.75 bits per heavy atom. The van der Waals surface area contributed by atoms with Crippen LogP contribution in [0.5, 0.6) is 17.2 Å². The Balaban J connectivity index is 2.42. The summed E-state index contributed by atoms with van der Waals surface area (Å²) in [6, 6.07) is 3.65. The molecular formula is C15H21ClO4. The van der Waals surface area contributed by atoms with Crippen molar-refractivity contribution in [2.45, 2.75) is 24.8 Å². The highest BCUT2D eigenvalue weighted by atomic mass is 35.5. The van der Waals surface area contributed by atoms with Crippen LogP contribution in [-0.2, 0) is 4.74 Å². The molecule has 20 heavy (non-hydrogen) atoms. The molecule has 0 amide bonds. The van der Waals surface area contributed by atoms with Crippen LogP contribution in [0.4, 0.5) is 0 Å². The highest BCUT2D eigenvalue weighted by Crippen LogP contribution is 2.47. The average molecular weight is 301 g/mol. The summed E-state index contributed by atoms with van der Waals surface area (Å²) >= 11 is 6.69. The van der Waals surface area contributed by atoms with Crippen molar-refractivity contribution in [1.29, 1.82) is 0 Å². The van der Waals surface area contributed by atoms with Crippen LogP contribution in [-0.4, -0.2) is 34.0 Å². The quantitative estimate of drug-likeness (QED) is 0.781. The van der Waals surface area contributed by atoms with Crippen LogP contribution < -0.4 is 14.2 Å². The first kappa shape index (κ1) is 15.3. The molecule has 0 saturated carbocycles. The molecule has 0 spiro atoms. The van der Waals surface area contributed by atoms with Crippen molar-refractivity contribution in [3.05, 3.63) is 17.7 Å². The molecule has 0 bridgehead atoms. The predicted molar refractivity (Wildman–Crippen MR) is 78.2 cm³/mol. The molecule has 2 rings (SSSR count). The van der Waals surface area contributed by atoms with Crippen molar-refractivity contribution >= 4 is 11.6 Å². The van der Waals surface area contributed by atoms with E-state index in [0.29, 0.717) is 17.2 Å². The van der Waals surface area contributed by atoms with Gasteiger partial charge in [-0.2, -0.15) is 0 Å². The molecular weight excluding hydrogens is 280 g/mol. The second kappa shape index (κ2) is 6.55. The van der Waals surface area contributed by atoms with E-state index >= 15 is 0 Å². The number of hydrogen-bond acceptors (Lipinski definition) is 4. The molecule has 112 valence electrons. The van der Waals surface area contributed by atoms with Crippen molar-refractivity contribution in [1.82, 2.24) is 0 Å². The molecule has 1 aliphatic rings. The van der Waals surface area contributed by atoms with Gasteiger partial charge in [0.25, 0.3) is 0 Å². The van der Waals surface area contributed by atoms with Gasteiger partial charge in [-0.3, -0.25) is 0 Å². The number of rotatable bonds is 5. The highest BCUT2D eigenvalue weighted by Gasteiger charge is 2.35. The summed E-state index contributed by atoms with van der Waals surface area (Å²) in [7, 11) is 4.85. The van der Waals surface area contributed by atoms with Crippen LogP contribution >= 0.6 is 11.6 Å². The lowest BCUT2D eigenvalue weighted by Gasteiger charge is -2.24. The Kier molecular flexibility index (Phi) is 5.00. The average Bonchev–Trinajstić information content (AvgIpc) is 2.91. The molecule has 4 nitrogen and oxygen atoms in total. The molecule has 3 unspecified atom stereocenters. The summed E-state index contributed by atoms with van der Waals surface area (Å²) in [6.07, 6.45) is 1.07. The van der Waals surface area contributed by atoms with Gasteiger partial charge >= 0.3 is 0 Å². The Bertz CT molecular complexity index is 438. The first-order valence-corrected chi connectivity index (χ1v) is 7.11. The fraction of sp³-hybridized carbons (Fsp3) is 0.600. The van der Waals surface area contributed by atoms with Crippen LogP contribution in [0.25, 0.3) is 0 Å². The fourth-order valence-electron chi connectivity index (χ4n) is 2.65. The minimum atomic E-state index is -0.219. The highest BCUT2D eigenvalue weighted by molar-refractivity contribution is 6.21. The molecule has 0 N–H and O–H groups in total. The number of halogens is 1. The van der Waals surface area contributed by atoms with Gasteiger partial charge in [-0.05, 0) is 13.3 Å². The third-order valence-electron chi connectivity index (χ3n) is 3.84. The van der Waals surface area contributed by atoms with E-state index < -0.39 is 0 Å². The summed E-state index contributed by atoms with van der Waals surface area (Å²) in [5.41, 5.74) is 0.861. The lowest BCUT2D eigenvalue weighted by molar-refractivity contribution is 0.104. The Labute approximate surface area is 124 Å². The standard InChI is InChI=1S/C15H21ClO4/c1-9-11(5-6-20-9)15(16)14-12(18-3)7-10(17-2)8-13(14)19-4/h7-9,11,15H,5-6H2,1-4H3. The SMILES string of the molecule is COc1cc(OC)c(C(Cl)C2CCOC2C)c(OC)c1. The van der Waals surface area contributed by atoms with E-state index in [0.717, 1.165) is 18.6 Å². The first-order valence-electron chi connectivity index (χ1n) is 6.68. The molecule has 1 saturated heterocycles. The third-order valence-corrected chi connectivity index (χ3v) is 4.38. The largest absolute Gasteiger partial charge is 0.496 e. The van der Waals surface area contributed by atoms with Crippen molar-refractivity contribution < 1.29 is 18.9 Å². The molecule has 5 heteroatoms. The Hall–Kier alpha value is -1.13. The van der Waals surface area contributed by atoms with E-state index in [2.05, 4.69) is 6.92 Å². The van der Waals surface area contributed by atoms with Crippen LogP contribution in [0.15, 0.2) is 12.1 Å². The van der Waals surface area contributed by atoms with E-state index in [4.69, 9.17) is 30.5 Å². The monoisotopic (exact) mass is 300 g/mol. The topological polar surface area (TPSA) is 36.9 Å². The molecule has 0 radical (unpaired) electrons. The number of methoxy groups -OCH3 is 3. The Morgan fingerprint density at radius 3 is 2.15 bits per heavy atom. The zero-order valence-corrected chi connectivity index (χ0v) is 13.1. The molecule has 1 aromatic rings. The number of ether oxygens (including phenoxy) is 4. The molecule has 0 aliphatic carbocycles. The fourth-order valence-corrected chi connectivity index (χ4v) is 3.20. The normalized spacial score (nSPS) is 23.4. The summed E-state index contributed by atoms with van der Waals surface area (Å²) in [4.78, 5) is 0. The zero-order valence-electron chi connectivity index (χ0n) is 12.3. The van der Waals surface area contributed by atoms with Crippen LogP contribution in [0.1, 0.15) is 24.3 Å². The molecule has 1 aliphatic heterocycles. The molecule has 0 aromatic heterocycles. The summed E-state index contributed by atoms with van der Waals surface area (Å²) < 4.78 is 21.8. The Morgan fingerprint density at radius 1 is 1.15 bits per heavy atom. The van der Waals surface area contributed by atoms with Gasteiger partial charge in [0.15, 0.2) is 0 Å². The van der Waals surface area contributed by atoms with Crippen molar-refractivity contribution in [2.75, 3.05) is 27.9 Å². The van der Waals surface area contributed by atoms with Crippen molar-refractivity contribution in [2.24, 2.45) is 5.92 Å². The van der Waals surface area contributed by atoms with Gasteiger partial charge in [0.1, 0.15) is 17.2 Å². The second-order valence-electron chi connectivity index (χ2n) is 4.88. The maximum Gasteiger partial charge on any atom is 0.130 e. The maximum absolute atomic E-state index is 6.69. The summed E-state index contributed by atoms with van der Waals surface area (Å²) in [6.45, 7) is 2.80. The van der Waals surface area contributed by atoms with E-state index in [1.54, 1.807) is 21.3 Å². The second-order valence-corrected chi connectivity index (χ2v) is 5.35. The van der Waals surface area contributed by atoms with E-state index in [1.807, 2.05) is 12.1 Å². The van der Waals surface area contributed by atoms with Crippen molar-refractivity contribution in [3.63, 3.8) is 0 Å². The lowest BCUT2D eigenvalue weighted by Crippen LogP contribution is -2.17. The smallest absolute Gasteiger partial charge is 0.130 e. The minimum absolute atomic E-state index is 0.133. The maximum atomic E-state index is 6.69. The van der Waals surface area contributed by atoms with Crippen molar-refractivity contribution in [3.8, 4) is 17.2 Å². The molecule has 1 heterocycles. The first-order chi connectivity index (χ1) is 9.62. The van der Waals surface area contributed by atoms with E-state index in [1.165, 1.54) is 0 Å². The van der Waals surface area contributed by atoms with Gasteiger partial charge < -0.3 is 18.9 Å². The van der Waals surface area contributed by atoms with Gasteiger partial charge in [0.05, 0.1) is 38.4 Å². The van der Waals surface area contributed by atoms with Crippen LogP contribution in [0.3, 0.4) is 0 Å². The van der Waals surface area contributed by atoms with Gasteiger partial charge in [-0.15, -0.1) is 11.6 Å². The number of hydrogen-bond donors (Lipinski definition) is 0. The predicted octanol–water partition coefficient (Wildman–Crippen LogP) is 3.42. The van der Waals surface area contributed by atoms with Gasteiger partial charge in [-0.25, -0.2) is 0 Å². The van der Waals surface area contributed by atoms with E-state index in [9.17, 15) is 0 Å². The van der Waals surface area contributed by atoms with Crippen LogP contribution in [0.2, 0.25) is 0 Å². The zero-order chi connectivity index (χ0) is 14.7. The third kappa shape index (κ3) is 2.81. The van der Waals surface area contributed by atoms with E-state index in [-0.39, 0.29) is 17.4 Å². The van der Waals surface area contributed by atoms with Gasteiger partial charge in [0, 0.05) is 24.7 Å². The van der Waals surface area contributed by atoms with Gasteiger partial charge in [0.2, 0.25) is 0 Å². The molecule has 1 aromatic carbocycles. The lowest BCUT2D eigenvalue weighted by atomic mass is 9.92. The number of benzene rings is 1. The molecule has 1 fully saturated rings. The molecule has 3 atom stereocenters. The summed E-state index contributed by atoms with van der Waals surface area (Å²) in [5, 5.41) is -0.219. The van der Waals surface area contributed by atoms with Crippen LogP contribution in [0, 0.1) is 5.92 Å². The van der Waals surface area contributed by atoms with Gasteiger partial charge in [-0.1, -0.05) is 0 Å². The minimum Gasteiger partial charge on any atom is -0.496 e. The number of alkyl halides is 1. The summed E-state index contributed by atoms with van der Waals surface area (Å²) in [5.74, 6) is 2.29.